The van der Waals surface area contributed by atoms with Gasteiger partial charge in [-0.3, -0.25) is 4.79 Å². The monoisotopic (exact) mass is 232 g/mol. The lowest BCUT2D eigenvalue weighted by Crippen LogP contribution is -2.49. The van der Waals surface area contributed by atoms with Crippen molar-refractivity contribution in [2.75, 3.05) is 18.1 Å². The van der Waals surface area contributed by atoms with E-state index < -0.39 is 0 Å². The number of hydrogen-bond donors (Lipinski definition) is 0. The molecular weight excluding hydrogens is 212 g/mol. The number of benzene rings is 1. The van der Waals surface area contributed by atoms with Gasteiger partial charge in [-0.2, -0.15) is 0 Å². The summed E-state index contributed by atoms with van der Waals surface area (Å²) >= 11 is 0. The highest BCUT2D eigenvalue weighted by atomic mass is 16.2. The summed E-state index contributed by atoms with van der Waals surface area (Å²) in [5.74, 6) is 0.179. The van der Waals surface area contributed by atoms with E-state index >= 15 is 0 Å². The maximum atomic E-state index is 12.1. The fraction of sp³-hybridized carbons (Fsp3) is 0.500. The molecule has 1 aromatic rings. The summed E-state index contributed by atoms with van der Waals surface area (Å²) in [4.78, 5) is 12.1. The molecule has 0 N–H and O–H groups in total. The lowest BCUT2D eigenvalue weighted by molar-refractivity contribution is -0.121. The minimum Gasteiger partial charge on any atom is -0.273 e. The molecule has 1 amide bonds. The number of piperidine rings is 1. The van der Waals surface area contributed by atoms with Crippen molar-refractivity contribution in [1.82, 2.24) is 5.01 Å². The van der Waals surface area contributed by atoms with Gasteiger partial charge in [0.25, 0.3) is 0 Å². The van der Waals surface area contributed by atoms with E-state index in [4.69, 9.17) is 0 Å². The zero-order valence-corrected chi connectivity index (χ0v) is 10.4. The SMILES string of the molecule is CCC(=O)N(c1ccccc1)N1CCCCC1. The van der Waals surface area contributed by atoms with E-state index in [1.165, 1.54) is 19.3 Å². The minimum absolute atomic E-state index is 0.179. The normalized spacial score (nSPS) is 16.8. The van der Waals surface area contributed by atoms with E-state index in [1.54, 1.807) is 0 Å². The topological polar surface area (TPSA) is 23.6 Å². The van der Waals surface area contributed by atoms with Crippen LogP contribution in [0.2, 0.25) is 0 Å². The minimum atomic E-state index is 0.179. The average Bonchev–Trinajstić information content (AvgIpc) is 2.41. The maximum absolute atomic E-state index is 12.1. The maximum Gasteiger partial charge on any atom is 0.241 e. The molecule has 0 aliphatic carbocycles. The molecule has 3 heteroatoms. The Morgan fingerprint density at radius 2 is 1.82 bits per heavy atom. The first-order chi connectivity index (χ1) is 8.33. The Labute approximate surface area is 103 Å². The predicted molar refractivity (Wildman–Crippen MR) is 69.6 cm³/mol. The number of nitrogens with zero attached hydrogens (tertiary/aromatic N) is 2. The number of anilines is 1. The van der Waals surface area contributed by atoms with Crippen molar-refractivity contribution < 1.29 is 4.79 Å². The van der Waals surface area contributed by atoms with Gasteiger partial charge in [0.2, 0.25) is 5.91 Å². The van der Waals surface area contributed by atoms with Crippen molar-refractivity contribution >= 4 is 11.6 Å². The van der Waals surface area contributed by atoms with E-state index in [-0.39, 0.29) is 5.91 Å². The lowest BCUT2D eigenvalue weighted by Gasteiger charge is -2.37. The molecule has 1 aliphatic heterocycles. The van der Waals surface area contributed by atoms with Gasteiger partial charge in [-0.25, -0.2) is 10.0 Å². The molecule has 1 aliphatic rings. The average molecular weight is 232 g/mol. The van der Waals surface area contributed by atoms with Gasteiger partial charge in [-0.15, -0.1) is 0 Å². The second kappa shape index (κ2) is 5.82. The highest BCUT2D eigenvalue weighted by Gasteiger charge is 2.23. The quantitative estimate of drug-likeness (QED) is 0.800. The highest BCUT2D eigenvalue weighted by molar-refractivity contribution is 5.92. The Bertz CT molecular complexity index is 358. The molecule has 17 heavy (non-hydrogen) atoms. The van der Waals surface area contributed by atoms with Crippen LogP contribution in [0.3, 0.4) is 0 Å². The summed E-state index contributed by atoms with van der Waals surface area (Å²) < 4.78 is 0. The van der Waals surface area contributed by atoms with E-state index in [1.807, 2.05) is 42.3 Å². The summed E-state index contributed by atoms with van der Waals surface area (Å²) in [6, 6.07) is 9.95. The first kappa shape index (κ1) is 12.1. The van der Waals surface area contributed by atoms with Crippen LogP contribution in [0.15, 0.2) is 30.3 Å². The fourth-order valence-corrected chi connectivity index (χ4v) is 2.26. The molecule has 2 rings (SSSR count). The van der Waals surface area contributed by atoms with Crippen LogP contribution >= 0.6 is 0 Å². The van der Waals surface area contributed by atoms with Crippen LogP contribution in [0.25, 0.3) is 0 Å². The van der Waals surface area contributed by atoms with E-state index in [0.29, 0.717) is 6.42 Å². The van der Waals surface area contributed by atoms with Crippen LogP contribution < -0.4 is 5.01 Å². The van der Waals surface area contributed by atoms with Crippen LogP contribution in [0.4, 0.5) is 5.69 Å². The van der Waals surface area contributed by atoms with Crippen molar-refractivity contribution in [3.8, 4) is 0 Å². The Morgan fingerprint density at radius 3 is 2.41 bits per heavy atom. The standard InChI is InChI=1S/C14H20N2O/c1-2-14(17)16(13-9-5-3-6-10-13)15-11-7-4-8-12-15/h3,5-6,9-10H,2,4,7-8,11-12H2,1H3. The van der Waals surface area contributed by atoms with Crippen LogP contribution in [0.5, 0.6) is 0 Å². The molecule has 1 aromatic carbocycles. The molecule has 1 heterocycles. The summed E-state index contributed by atoms with van der Waals surface area (Å²) in [6.07, 6.45) is 4.19. The number of hydrogen-bond acceptors (Lipinski definition) is 2. The van der Waals surface area contributed by atoms with Crippen LogP contribution in [-0.2, 0) is 4.79 Å². The third-order valence-corrected chi connectivity index (χ3v) is 3.15. The zero-order chi connectivity index (χ0) is 12.1. The van der Waals surface area contributed by atoms with E-state index in [9.17, 15) is 4.79 Å². The van der Waals surface area contributed by atoms with Gasteiger partial charge < -0.3 is 0 Å². The molecule has 0 radical (unpaired) electrons. The zero-order valence-electron chi connectivity index (χ0n) is 10.4. The second-order valence-corrected chi connectivity index (χ2v) is 4.41. The van der Waals surface area contributed by atoms with Crippen molar-refractivity contribution in [3.05, 3.63) is 30.3 Å². The summed E-state index contributed by atoms with van der Waals surface area (Å²) in [5, 5.41) is 4.05. The number of carbonyl (C=O) groups is 1. The van der Waals surface area contributed by atoms with Crippen molar-refractivity contribution in [2.24, 2.45) is 0 Å². The predicted octanol–water partition coefficient (Wildman–Crippen LogP) is 2.83. The summed E-state index contributed by atoms with van der Waals surface area (Å²) in [6.45, 7) is 3.89. The number of hydrazine groups is 1. The molecule has 1 fully saturated rings. The smallest absolute Gasteiger partial charge is 0.241 e. The van der Waals surface area contributed by atoms with Gasteiger partial charge in [-0.1, -0.05) is 31.5 Å². The highest BCUT2D eigenvalue weighted by Crippen LogP contribution is 2.20. The van der Waals surface area contributed by atoms with Crippen molar-refractivity contribution in [2.45, 2.75) is 32.6 Å². The molecule has 0 unspecified atom stereocenters. The van der Waals surface area contributed by atoms with Crippen molar-refractivity contribution in [3.63, 3.8) is 0 Å². The first-order valence-electron chi connectivity index (χ1n) is 6.46. The van der Waals surface area contributed by atoms with Gasteiger partial charge in [0.1, 0.15) is 0 Å². The molecule has 1 saturated heterocycles. The fourth-order valence-electron chi connectivity index (χ4n) is 2.26. The van der Waals surface area contributed by atoms with Gasteiger partial charge in [0.15, 0.2) is 0 Å². The number of carbonyl (C=O) groups excluding carboxylic acids is 1. The van der Waals surface area contributed by atoms with Crippen LogP contribution in [0.1, 0.15) is 32.6 Å². The molecular formula is C14H20N2O. The molecule has 0 spiro atoms. The van der Waals surface area contributed by atoms with Gasteiger partial charge in [0.05, 0.1) is 5.69 Å². The van der Waals surface area contributed by atoms with Crippen LogP contribution in [-0.4, -0.2) is 24.0 Å². The van der Waals surface area contributed by atoms with Gasteiger partial charge >= 0.3 is 0 Å². The molecule has 0 aromatic heterocycles. The number of para-hydroxylation sites is 1. The summed E-state index contributed by atoms with van der Waals surface area (Å²) in [5.41, 5.74) is 0.987. The molecule has 3 nitrogen and oxygen atoms in total. The first-order valence-corrected chi connectivity index (χ1v) is 6.46. The lowest BCUT2D eigenvalue weighted by atomic mass is 10.1. The van der Waals surface area contributed by atoms with Gasteiger partial charge in [0, 0.05) is 19.5 Å². The number of rotatable bonds is 3. The Balaban J connectivity index is 2.21. The van der Waals surface area contributed by atoms with E-state index in [0.717, 1.165) is 18.8 Å². The second-order valence-electron chi connectivity index (χ2n) is 4.41. The summed E-state index contributed by atoms with van der Waals surface area (Å²) in [7, 11) is 0. The third-order valence-electron chi connectivity index (χ3n) is 3.15. The number of amides is 1. The van der Waals surface area contributed by atoms with Gasteiger partial charge in [-0.05, 0) is 25.0 Å². The van der Waals surface area contributed by atoms with Crippen molar-refractivity contribution in [1.29, 1.82) is 0 Å². The Kier molecular flexibility index (Phi) is 4.15. The Morgan fingerprint density at radius 1 is 1.18 bits per heavy atom. The molecule has 0 saturated carbocycles. The molecule has 92 valence electrons. The van der Waals surface area contributed by atoms with E-state index in [2.05, 4.69) is 5.01 Å². The van der Waals surface area contributed by atoms with Crippen LogP contribution in [0, 0.1) is 0 Å². The largest absolute Gasteiger partial charge is 0.273 e. The molecule has 0 bridgehead atoms. The third kappa shape index (κ3) is 2.86. The molecule has 0 atom stereocenters. The Hall–Kier alpha value is -1.35.